The van der Waals surface area contributed by atoms with E-state index in [9.17, 15) is 0 Å². The van der Waals surface area contributed by atoms with E-state index in [0.29, 0.717) is 0 Å². The van der Waals surface area contributed by atoms with Gasteiger partial charge < -0.3 is 18.6 Å². The highest BCUT2D eigenvalue weighted by atomic mass is 16.3. The number of furan rings is 2. The number of fused-ring (bicyclic) bond motifs is 11. The summed E-state index contributed by atoms with van der Waals surface area (Å²) >= 11 is 0. The summed E-state index contributed by atoms with van der Waals surface area (Å²) in [6.07, 6.45) is 0. The molecule has 0 aliphatic heterocycles. The number of benzene rings is 10. The maximum atomic E-state index is 7.40. The smallest absolute Gasteiger partial charge is 0.160 e. The zero-order valence-electron chi connectivity index (χ0n) is 37.2. The van der Waals surface area contributed by atoms with Crippen molar-refractivity contribution < 1.29 is 8.83 Å². The number of hydrogen-bond donors (Lipinski definition) is 0. The number of aryl methyl sites for hydroxylation is 2. The largest absolute Gasteiger partial charge is 0.455 e. The van der Waals surface area contributed by atoms with E-state index in [-0.39, 0.29) is 0 Å². The minimum atomic E-state index is -0.833. The summed E-state index contributed by atoms with van der Waals surface area (Å²) in [4.78, 5) is 4.79. The van der Waals surface area contributed by atoms with Gasteiger partial charge in [0.05, 0.1) is 22.2 Å². The standard InChI is InChI=1S/C63H44N2O2/c1-41-21-19-31-47(37-41)64(45-27-11-5-12-28-45)53-39-52-60(62-57(53)49-33-15-17-35-55(49)67-62)59-51(63(52,43-23-7-3-8-24-43)44-25-9-4-10-26-44)40-54(61-58(59)50-34-16-18-36-56(50)66-61)65(46-29-13-6-14-30-46)48-32-20-22-42(2)38-48/h3-40H,1-2H3. The van der Waals surface area contributed by atoms with Gasteiger partial charge >= 0.3 is 0 Å². The molecule has 0 unspecified atom stereocenters. The number of para-hydroxylation sites is 4. The van der Waals surface area contributed by atoms with E-state index >= 15 is 0 Å². The molecule has 0 saturated carbocycles. The molecule has 0 fully saturated rings. The molecular formula is C63H44N2O2. The van der Waals surface area contributed by atoms with Crippen molar-refractivity contribution >= 4 is 78.0 Å². The molecule has 0 amide bonds. The Morgan fingerprint density at radius 2 is 0.761 bits per heavy atom. The molecule has 0 spiro atoms. The Morgan fingerprint density at radius 3 is 1.30 bits per heavy atom. The number of rotatable bonds is 8. The molecule has 1 aliphatic carbocycles. The van der Waals surface area contributed by atoms with Crippen molar-refractivity contribution in [2.24, 2.45) is 0 Å². The second-order valence-corrected chi connectivity index (χ2v) is 17.7. The first-order valence-corrected chi connectivity index (χ1v) is 23.0. The van der Waals surface area contributed by atoms with Crippen LogP contribution in [0, 0.1) is 13.8 Å². The van der Waals surface area contributed by atoms with Crippen LogP contribution < -0.4 is 9.80 Å². The summed E-state index contributed by atoms with van der Waals surface area (Å²) in [6.45, 7) is 4.32. The summed E-state index contributed by atoms with van der Waals surface area (Å²) in [6, 6.07) is 83.1. The third kappa shape index (κ3) is 5.86. The van der Waals surface area contributed by atoms with Crippen LogP contribution in [0.4, 0.5) is 34.1 Å². The Bertz CT molecular complexity index is 3800. The Kier molecular flexibility index (Phi) is 8.84. The van der Waals surface area contributed by atoms with Gasteiger partial charge in [-0.05, 0) is 120 Å². The second-order valence-electron chi connectivity index (χ2n) is 17.7. The van der Waals surface area contributed by atoms with Crippen molar-refractivity contribution in [1.82, 2.24) is 0 Å². The second kappa shape index (κ2) is 15.3. The SMILES string of the molecule is Cc1cccc(N(c2ccccc2)c2cc3c(c4c2oc2ccccc24)-c2c(cc(N(c4ccccc4)c4cccc(C)c4)c4c2oc2ccccc24)C3(c2ccccc2)c2ccccc2)c1. The molecule has 0 radical (unpaired) electrons. The van der Waals surface area contributed by atoms with Crippen LogP contribution in [-0.4, -0.2) is 0 Å². The van der Waals surface area contributed by atoms with Gasteiger partial charge in [0, 0.05) is 50.0 Å². The Balaban J connectivity index is 1.28. The first kappa shape index (κ1) is 38.8. The molecular weight excluding hydrogens is 817 g/mol. The molecule has 318 valence electrons. The van der Waals surface area contributed by atoms with Crippen molar-refractivity contribution in [3.63, 3.8) is 0 Å². The summed E-state index contributed by atoms with van der Waals surface area (Å²) in [5, 5.41) is 4.22. The topological polar surface area (TPSA) is 32.8 Å². The zero-order valence-corrected chi connectivity index (χ0v) is 37.2. The van der Waals surface area contributed by atoms with Gasteiger partial charge in [-0.2, -0.15) is 0 Å². The quantitative estimate of drug-likeness (QED) is 0.152. The summed E-state index contributed by atoms with van der Waals surface area (Å²) in [5.41, 5.74) is 17.8. The van der Waals surface area contributed by atoms with Crippen LogP contribution in [-0.2, 0) is 5.41 Å². The van der Waals surface area contributed by atoms with E-state index in [1.165, 1.54) is 11.1 Å². The monoisotopic (exact) mass is 860 g/mol. The number of hydrogen-bond acceptors (Lipinski definition) is 4. The Morgan fingerprint density at radius 1 is 0.343 bits per heavy atom. The van der Waals surface area contributed by atoms with Crippen molar-refractivity contribution in [3.8, 4) is 11.1 Å². The molecule has 0 atom stereocenters. The van der Waals surface area contributed by atoms with E-state index in [1.807, 2.05) is 0 Å². The van der Waals surface area contributed by atoms with Gasteiger partial charge in [0.15, 0.2) is 5.58 Å². The van der Waals surface area contributed by atoms with Crippen molar-refractivity contribution in [2.75, 3.05) is 9.80 Å². The average Bonchev–Trinajstić information content (AvgIpc) is 4.05. The van der Waals surface area contributed by atoms with Crippen LogP contribution in [0.2, 0.25) is 0 Å². The van der Waals surface area contributed by atoms with E-state index in [0.717, 1.165) is 111 Å². The minimum Gasteiger partial charge on any atom is -0.455 e. The first-order chi connectivity index (χ1) is 33.1. The van der Waals surface area contributed by atoms with Gasteiger partial charge in [-0.25, -0.2) is 0 Å². The fourth-order valence-electron chi connectivity index (χ4n) is 11.1. The van der Waals surface area contributed by atoms with E-state index in [4.69, 9.17) is 8.83 Å². The van der Waals surface area contributed by atoms with Gasteiger partial charge in [-0.1, -0.05) is 158 Å². The van der Waals surface area contributed by atoms with Crippen LogP contribution in [0.1, 0.15) is 33.4 Å². The van der Waals surface area contributed by atoms with Crippen molar-refractivity contribution in [1.29, 1.82) is 0 Å². The molecule has 0 saturated heterocycles. The van der Waals surface area contributed by atoms with Crippen LogP contribution in [0.15, 0.2) is 239 Å². The summed E-state index contributed by atoms with van der Waals surface area (Å²) in [7, 11) is 0. The van der Waals surface area contributed by atoms with Crippen molar-refractivity contribution in [3.05, 3.63) is 264 Å². The fourth-order valence-corrected chi connectivity index (χ4v) is 11.1. The van der Waals surface area contributed by atoms with E-state index in [1.54, 1.807) is 0 Å². The minimum absolute atomic E-state index is 0.812. The third-order valence-electron chi connectivity index (χ3n) is 13.8. The summed E-state index contributed by atoms with van der Waals surface area (Å²) in [5.74, 6) is 0. The lowest BCUT2D eigenvalue weighted by atomic mass is 9.67. The van der Waals surface area contributed by atoms with Gasteiger partial charge in [0.2, 0.25) is 0 Å². The van der Waals surface area contributed by atoms with Crippen LogP contribution in [0.5, 0.6) is 0 Å². The normalized spacial score (nSPS) is 12.7. The van der Waals surface area contributed by atoms with E-state index in [2.05, 4.69) is 254 Å². The predicted octanol–water partition coefficient (Wildman–Crippen LogP) is 17.4. The predicted molar refractivity (Wildman–Crippen MR) is 277 cm³/mol. The van der Waals surface area contributed by atoms with Gasteiger partial charge in [-0.3, -0.25) is 0 Å². The zero-order chi connectivity index (χ0) is 44.6. The average molecular weight is 861 g/mol. The lowest BCUT2D eigenvalue weighted by Crippen LogP contribution is -2.29. The van der Waals surface area contributed by atoms with Gasteiger partial charge in [0.25, 0.3) is 0 Å². The van der Waals surface area contributed by atoms with Gasteiger partial charge in [-0.15, -0.1) is 0 Å². The Hall–Kier alpha value is -8.60. The molecule has 2 heterocycles. The first-order valence-electron chi connectivity index (χ1n) is 23.0. The molecule has 1 aliphatic rings. The van der Waals surface area contributed by atoms with Crippen LogP contribution >= 0.6 is 0 Å². The molecule has 10 aromatic carbocycles. The molecule has 0 N–H and O–H groups in total. The highest BCUT2D eigenvalue weighted by molar-refractivity contribution is 6.26. The Labute approximate surface area is 389 Å². The maximum absolute atomic E-state index is 7.40. The van der Waals surface area contributed by atoms with E-state index < -0.39 is 5.41 Å². The summed E-state index contributed by atoms with van der Waals surface area (Å²) < 4.78 is 14.6. The fraction of sp³-hybridized carbons (Fsp3) is 0.0476. The maximum Gasteiger partial charge on any atom is 0.160 e. The van der Waals surface area contributed by atoms with Crippen LogP contribution in [0.25, 0.3) is 55.0 Å². The molecule has 4 heteroatoms. The lowest BCUT2D eigenvalue weighted by molar-refractivity contribution is 0.668. The molecule has 2 aromatic heterocycles. The lowest BCUT2D eigenvalue weighted by Gasteiger charge is -2.36. The molecule has 12 aromatic rings. The van der Waals surface area contributed by atoms with Gasteiger partial charge in [0.1, 0.15) is 16.7 Å². The molecule has 4 nitrogen and oxygen atoms in total. The number of nitrogens with zero attached hydrogens (tertiary/aromatic N) is 2. The number of anilines is 6. The third-order valence-corrected chi connectivity index (χ3v) is 13.8. The highest BCUT2D eigenvalue weighted by Crippen LogP contribution is 2.64. The van der Waals surface area contributed by atoms with Crippen molar-refractivity contribution in [2.45, 2.75) is 19.3 Å². The highest BCUT2D eigenvalue weighted by Gasteiger charge is 2.50. The molecule has 0 bridgehead atoms. The van der Waals surface area contributed by atoms with Crippen LogP contribution in [0.3, 0.4) is 0 Å². The molecule has 67 heavy (non-hydrogen) atoms. The molecule has 13 rings (SSSR count).